The van der Waals surface area contributed by atoms with Crippen molar-refractivity contribution in [2.24, 2.45) is 7.05 Å². The number of aryl methyl sites for hydroxylation is 3. The lowest BCUT2D eigenvalue weighted by atomic mass is 10.0. The van der Waals surface area contributed by atoms with Crippen LogP contribution in [0.1, 0.15) is 21.5 Å². The van der Waals surface area contributed by atoms with Gasteiger partial charge in [-0.05, 0) is 41.5 Å². The normalized spacial score (nSPS) is 12.6. The van der Waals surface area contributed by atoms with Crippen molar-refractivity contribution in [1.82, 2.24) is 4.57 Å². The van der Waals surface area contributed by atoms with Crippen molar-refractivity contribution in [1.29, 1.82) is 0 Å². The summed E-state index contributed by atoms with van der Waals surface area (Å²) >= 11 is 0. The predicted octanol–water partition coefficient (Wildman–Crippen LogP) is 2.89. The average Bonchev–Trinajstić information content (AvgIpc) is 2.97. The molecule has 1 amide bonds. The number of rotatable bonds is 2. The number of anilines is 1. The Hall–Kier alpha value is -2.88. The quantitative estimate of drug-likeness (QED) is 0.791. The van der Waals surface area contributed by atoms with E-state index in [1.54, 1.807) is 19.3 Å². The Morgan fingerprint density at radius 2 is 1.87 bits per heavy atom. The second kappa shape index (κ2) is 5.09. The maximum atomic E-state index is 12.4. The van der Waals surface area contributed by atoms with E-state index in [-0.39, 0.29) is 11.5 Å². The maximum Gasteiger partial charge on any atom is 0.255 e. The number of pyridine rings is 1. The van der Waals surface area contributed by atoms with Crippen LogP contribution in [0.2, 0.25) is 0 Å². The Morgan fingerprint density at radius 3 is 2.65 bits per heavy atom. The van der Waals surface area contributed by atoms with Crippen LogP contribution in [-0.4, -0.2) is 10.5 Å². The summed E-state index contributed by atoms with van der Waals surface area (Å²) in [7, 11) is 1.66. The molecule has 4 heteroatoms. The van der Waals surface area contributed by atoms with Gasteiger partial charge in [0.05, 0.1) is 0 Å². The maximum absolute atomic E-state index is 12.4. The molecule has 0 saturated carbocycles. The Morgan fingerprint density at radius 1 is 1.09 bits per heavy atom. The number of amides is 1. The van der Waals surface area contributed by atoms with Crippen LogP contribution in [0.4, 0.5) is 5.69 Å². The van der Waals surface area contributed by atoms with E-state index in [1.807, 2.05) is 18.2 Å². The average molecular weight is 304 g/mol. The van der Waals surface area contributed by atoms with Crippen LogP contribution < -0.4 is 10.9 Å². The van der Waals surface area contributed by atoms with Gasteiger partial charge in [0.1, 0.15) is 0 Å². The van der Waals surface area contributed by atoms with E-state index >= 15 is 0 Å². The molecule has 1 aliphatic rings. The third-order valence-corrected chi connectivity index (χ3v) is 4.49. The first-order valence-corrected chi connectivity index (χ1v) is 7.65. The number of hydrogen-bond acceptors (Lipinski definition) is 2. The summed E-state index contributed by atoms with van der Waals surface area (Å²) in [5.41, 5.74) is 3.64. The third kappa shape index (κ3) is 2.23. The second-order valence-electron chi connectivity index (χ2n) is 5.93. The fourth-order valence-electron chi connectivity index (χ4n) is 3.24. The molecule has 3 aromatic rings. The first-order valence-electron chi connectivity index (χ1n) is 7.65. The van der Waals surface area contributed by atoms with Crippen LogP contribution in [0.3, 0.4) is 0 Å². The number of carbonyl (C=O) groups excluding carboxylic acids is 1. The Kier molecular flexibility index (Phi) is 3.05. The predicted molar refractivity (Wildman–Crippen MR) is 91.0 cm³/mol. The van der Waals surface area contributed by atoms with Gasteiger partial charge in [0.2, 0.25) is 0 Å². The highest BCUT2D eigenvalue weighted by atomic mass is 16.2. The SMILES string of the molecule is Cn1ccc(C(=O)Nc2ccc3c4c(cccc24)CC3)cc1=O. The van der Waals surface area contributed by atoms with Gasteiger partial charge < -0.3 is 9.88 Å². The van der Waals surface area contributed by atoms with Crippen LogP contribution in [-0.2, 0) is 19.9 Å². The molecule has 114 valence electrons. The Bertz CT molecular complexity index is 992. The van der Waals surface area contributed by atoms with Crippen LogP contribution in [0, 0.1) is 0 Å². The second-order valence-corrected chi connectivity index (χ2v) is 5.93. The molecule has 4 rings (SSSR count). The molecule has 0 saturated heterocycles. The van der Waals surface area contributed by atoms with Crippen LogP contribution in [0.5, 0.6) is 0 Å². The zero-order valence-corrected chi connectivity index (χ0v) is 12.8. The fraction of sp³-hybridized carbons (Fsp3) is 0.158. The van der Waals surface area contributed by atoms with Crippen LogP contribution in [0.15, 0.2) is 53.5 Å². The molecule has 4 nitrogen and oxygen atoms in total. The largest absolute Gasteiger partial charge is 0.321 e. The van der Waals surface area contributed by atoms with Gasteiger partial charge in [0.15, 0.2) is 0 Å². The lowest BCUT2D eigenvalue weighted by Crippen LogP contribution is -2.20. The van der Waals surface area contributed by atoms with Crippen LogP contribution in [0.25, 0.3) is 10.8 Å². The minimum absolute atomic E-state index is 0.196. The molecule has 0 unspecified atom stereocenters. The Labute approximate surface area is 133 Å². The molecule has 1 aromatic heterocycles. The van der Waals surface area contributed by atoms with Crippen LogP contribution >= 0.6 is 0 Å². The minimum atomic E-state index is -0.263. The van der Waals surface area contributed by atoms with E-state index in [1.165, 1.54) is 27.1 Å². The van der Waals surface area contributed by atoms with Gasteiger partial charge in [-0.1, -0.05) is 24.3 Å². The van der Waals surface area contributed by atoms with Gasteiger partial charge in [-0.3, -0.25) is 9.59 Å². The van der Waals surface area contributed by atoms with E-state index in [0.717, 1.165) is 23.9 Å². The molecule has 1 aliphatic carbocycles. The zero-order chi connectivity index (χ0) is 16.0. The molecule has 0 fully saturated rings. The lowest BCUT2D eigenvalue weighted by Gasteiger charge is -2.11. The molecule has 0 spiro atoms. The molecule has 23 heavy (non-hydrogen) atoms. The molecular weight excluding hydrogens is 288 g/mol. The highest BCUT2D eigenvalue weighted by Gasteiger charge is 2.17. The molecule has 2 aromatic carbocycles. The molecule has 0 bridgehead atoms. The van der Waals surface area contributed by atoms with Gasteiger partial charge in [0.25, 0.3) is 11.5 Å². The number of hydrogen-bond donors (Lipinski definition) is 1. The van der Waals surface area contributed by atoms with Crippen molar-refractivity contribution in [3.8, 4) is 0 Å². The van der Waals surface area contributed by atoms with E-state index in [4.69, 9.17) is 0 Å². The monoisotopic (exact) mass is 304 g/mol. The first-order chi connectivity index (χ1) is 11.1. The summed E-state index contributed by atoms with van der Waals surface area (Å²) in [6.07, 6.45) is 3.71. The summed E-state index contributed by atoms with van der Waals surface area (Å²) in [6, 6.07) is 13.2. The standard InChI is InChI=1S/C19H16N2O2/c1-21-10-9-14(11-17(21)22)19(23)20-16-8-7-13-6-5-12-3-2-4-15(16)18(12)13/h2-4,7-11H,5-6H2,1H3,(H,20,23). The van der Waals surface area contributed by atoms with E-state index in [0.29, 0.717) is 5.56 Å². The first kappa shape index (κ1) is 13.8. The summed E-state index contributed by atoms with van der Waals surface area (Å²) in [4.78, 5) is 24.1. The zero-order valence-electron chi connectivity index (χ0n) is 12.8. The van der Waals surface area contributed by atoms with E-state index < -0.39 is 0 Å². The van der Waals surface area contributed by atoms with Gasteiger partial charge in [0, 0.05) is 35.9 Å². The lowest BCUT2D eigenvalue weighted by molar-refractivity contribution is 0.102. The molecule has 1 heterocycles. The van der Waals surface area contributed by atoms with E-state index in [2.05, 4.69) is 17.4 Å². The highest BCUT2D eigenvalue weighted by molar-refractivity contribution is 6.10. The molecular formula is C19H16N2O2. The number of carbonyl (C=O) groups is 1. The van der Waals surface area contributed by atoms with Gasteiger partial charge >= 0.3 is 0 Å². The molecule has 0 radical (unpaired) electrons. The number of benzene rings is 2. The number of nitrogens with zero attached hydrogens (tertiary/aromatic N) is 1. The van der Waals surface area contributed by atoms with Crippen molar-refractivity contribution in [3.05, 3.63) is 75.7 Å². The molecule has 0 aliphatic heterocycles. The van der Waals surface area contributed by atoms with Gasteiger partial charge in [-0.2, -0.15) is 0 Å². The minimum Gasteiger partial charge on any atom is -0.321 e. The highest BCUT2D eigenvalue weighted by Crippen LogP contribution is 2.35. The van der Waals surface area contributed by atoms with Crippen molar-refractivity contribution in [3.63, 3.8) is 0 Å². The van der Waals surface area contributed by atoms with Crippen molar-refractivity contribution in [2.45, 2.75) is 12.8 Å². The summed E-state index contributed by atoms with van der Waals surface area (Å²) in [5, 5.41) is 5.27. The summed E-state index contributed by atoms with van der Waals surface area (Å²) in [5.74, 6) is -0.263. The molecule has 0 atom stereocenters. The van der Waals surface area contributed by atoms with Crippen molar-refractivity contribution >= 4 is 22.4 Å². The molecule has 1 N–H and O–H groups in total. The fourth-order valence-corrected chi connectivity index (χ4v) is 3.24. The summed E-state index contributed by atoms with van der Waals surface area (Å²) < 4.78 is 1.44. The van der Waals surface area contributed by atoms with Gasteiger partial charge in [-0.15, -0.1) is 0 Å². The van der Waals surface area contributed by atoms with Crippen molar-refractivity contribution < 1.29 is 4.79 Å². The summed E-state index contributed by atoms with van der Waals surface area (Å²) in [6.45, 7) is 0. The number of aromatic nitrogens is 1. The number of nitrogens with one attached hydrogen (secondary N) is 1. The third-order valence-electron chi connectivity index (χ3n) is 4.49. The van der Waals surface area contributed by atoms with Crippen molar-refractivity contribution in [2.75, 3.05) is 5.32 Å². The topological polar surface area (TPSA) is 51.1 Å². The smallest absolute Gasteiger partial charge is 0.255 e. The van der Waals surface area contributed by atoms with E-state index in [9.17, 15) is 9.59 Å². The van der Waals surface area contributed by atoms with Gasteiger partial charge in [-0.25, -0.2) is 0 Å². The Balaban J connectivity index is 1.75.